The number of nitrogens with one attached hydrogen (secondary N) is 1. The zero-order chi connectivity index (χ0) is 11.1. The number of aromatic nitrogens is 2. The minimum absolute atomic E-state index is 0.442. The van der Waals surface area contributed by atoms with Crippen LogP contribution in [0.15, 0.2) is 12.4 Å². The van der Waals surface area contributed by atoms with Crippen LogP contribution in [0.2, 0.25) is 0 Å². The van der Waals surface area contributed by atoms with Crippen LogP contribution in [0, 0.1) is 0 Å². The summed E-state index contributed by atoms with van der Waals surface area (Å²) in [4.78, 5) is 8.38. The molecule has 0 fully saturated rings. The maximum absolute atomic E-state index is 5.42. The van der Waals surface area contributed by atoms with Gasteiger partial charge in [0.25, 0.3) is 0 Å². The summed E-state index contributed by atoms with van der Waals surface area (Å²) >= 11 is 0. The Hall–Kier alpha value is -1.16. The van der Waals surface area contributed by atoms with E-state index in [0.717, 1.165) is 37.4 Å². The number of nitrogens with zero attached hydrogens (tertiary/aromatic N) is 2. The van der Waals surface area contributed by atoms with Crippen molar-refractivity contribution in [3.8, 4) is 0 Å². The summed E-state index contributed by atoms with van der Waals surface area (Å²) in [5.74, 6) is 1.35. The van der Waals surface area contributed by atoms with Gasteiger partial charge in [-0.1, -0.05) is 13.8 Å². The largest absolute Gasteiger partial charge is 0.370 e. The topological polar surface area (TPSA) is 63.8 Å². The molecule has 0 amide bonds. The van der Waals surface area contributed by atoms with Crippen LogP contribution >= 0.6 is 0 Å². The van der Waals surface area contributed by atoms with Crippen molar-refractivity contribution in [1.82, 2.24) is 9.97 Å². The summed E-state index contributed by atoms with van der Waals surface area (Å²) in [5, 5.41) is 3.27. The molecule has 0 saturated heterocycles. The molecule has 1 aromatic rings. The van der Waals surface area contributed by atoms with Gasteiger partial charge in [-0.2, -0.15) is 0 Å². The molecule has 15 heavy (non-hydrogen) atoms. The van der Waals surface area contributed by atoms with Crippen LogP contribution in [0.25, 0.3) is 0 Å². The number of unbranched alkanes of at least 4 members (excludes halogenated alkanes) is 1. The lowest BCUT2D eigenvalue weighted by Crippen LogP contribution is -2.07. The second-order valence-electron chi connectivity index (χ2n) is 3.91. The molecule has 0 bridgehead atoms. The average Bonchev–Trinajstić information content (AvgIpc) is 2.25. The number of nitrogens with two attached hydrogens (primary N) is 1. The van der Waals surface area contributed by atoms with Gasteiger partial charge in [-0.15, -0.1) is 0 Å². The van der Waals surface area contributed by atoms with Crippen LogP contribution in [0.3, 0.4) is 0 Å². The summed E-state index contributed by atoms with van der Waals surface area (Å²) < 4.78 is 0. The molecule has 1 aromatic heterocycles. The Labute approximate surface area is 91.3 Å². The predicted octanol–water partition coefficient (Wildman–Crippen LogP) is 1.75. The van der Waals surface area contributed by atoms with E-state index in [4.69, 9.17) is 5.73 Å². The first kappa shape index (κ1) is 11.9. The van der Waals surface area contributed by atoms with Crippen LogP contribution in [-0.4, -0.2) is 23.1 Å². The van der Waals surface area contributed by atoms with Crippen molar-refractivity contribution >= 4 is 5.82 Å². The van der Waals surface area contributed by atoms with Crippen LogP contribution in [-0.2, 0) is 0 Å². The molecule has 0 radical (unpaired) electrons. The third-order valence-corrected chi connectivity index (χ3v) is 2.22. The van der Waals surface area contributed by atoms with Crippen LogP contribution < -0.4 is 11.1 Å². The van der Waals surface area contributed by atoms with E-state index < -0.39 is 0 Å². The van der Waals surface area contributed by atoms with Gasteiger partial charge in [-0.05, 0) is 25.3 Å². The number of anilines is 1. The molecule has 4 nitrogen and oxygen atoms in total. The van der Waals surface area contributed by atoms with Gasteiger partial charge in [-0.25, -0.2) is 9.97 Å². The molecule has 0 aliphatic carbocycles. The second-order valence-corrected chi connectivity index (χ2v) is 3.91. The van der Waals surface area contributed by atoms with Gasteiger partial charge < -0.3 is 11.1 Å². The van der Waals surface area contributed by atoms with E-state index in [9.17, 15) is 0 Å². The fraction of sp³-hybridized carbons (Fsp3) is 0.636. The van der Waals surface area contributed by atoms with E-state index in [2.05, 4.69) is 29.1 Å². The van der Waals surface area contributed by atoms with E-state index >= 15 is 0 Å². The van der Waals surface area contributed by atoms with Crippen molar-refractivity contribution in [2.75, 3.05) is 18.4 Å². The molecule has 0 spiro atoms. The number of rotatable bonds is 6. The highest BCUT2D eigenvalue weighted by atomic mass is 15.0. The van der Waals surface area contributed by atoms with E-state index in [1.54, 1.807) is 6.33 Å². The van der Waals surface area contributed by atoms with Gasteiger partial charge in [0, 0.05) is 18.3 Å². The first-order chi connectivity index (χ1) is 7.24. The van der Waals surface area contributed by atoms with Crippen molar-refractivity contribution in [3.05, 3.63) is 18.1 Å². The highest BCUT2D eigenvalue weighted by Crippen LogP contribution is 2.13. The monoisotopic (exact) mass is 208 g/mol. The Kier molecular flexibility index (Phi) is 5.04. The number of hydrogen-bond acceptors (Lipinski definition) is 4. The second kappa shape index (κ2) is 6.35. The van der Waals surface area contributed by atoms with Gasteiger partial charge in [0.05, 0.1) is 0 Å². The lowest BCUT2D eigenvalue weighted by molar-refractivity contribution is 0.769. The van der Waals surface area contributed by atoms with Crippen LogP contribution in [0.5, 0.6) is 0 Å². The summed E-state index contributed by atoms with van der Waals surface area (Å²) in [5.41, 5.74) is 6.49. The Bertz CT molecular complexity index is 286. The van der Waals surface area contributed by atoms with E-state index in [0.29, 0.717) is 5.92 Å². The molecule has 0 saturated carbocycles. The molecule has 0 aliphatic heterocycles. The van der Waals surface area contributed by atoms with E-state index in [1.165, 1.54) is 0 Å². The summed E-state index contributed by atoms with van der Waals surface area (Å²) in [6, 6.07) is 2.01. The molecule has 0 aliphatic rings. The Morgan fingerprint density at radius 2 is 2.13 bits per heavy atom. The molecule has 0 aromatic carbocycles. The lowest BCUT2D eigenvalue weighted by atomic mass is 10.1. The average molecular weight is 208 g/mol. The summed E-state index contributed by atoms with van der Waals surface area (Å²) in [6.07, 6.45) is 3.74. The first-order valence-corrected chi connectivity index (χ1v) is 5.50. The maximum Gasteiger partial charge on any atom is 0.129 e. The minimum atomic E-state index is 0.442. The normalized spacial score (nSPS) is 10.7. The molecule has 0 unspecified atom stereocenters. The molecule has 0 atom stereocenters. The Balaban J connectivity index is 2.43. The van der Waals surface area contributed by atoms with Gasteiger partial charge >= 0.3 is 0 Å². The van der Waals surface area contributed by atoms with E-state index in [1.807, 2.05) is 6.07 Å². The molecular formula is C11H20N4. The fourth-order valence-corrected chi connectivity index (χ4v) is 1.27. The Morgan fingerprint density at radius 3 is 2.80 bits per heavy atom. The van der Waals surface area contributed by atoms with Gasteiger partial charge in [0.1, 0.15) is 12.1 Å². The van der Waals surface area contributed by atoms with Gasteiger partial charge in [0.2, 0.25) is 0 Å². The van der Waals surface area contributed by atoms with Crippen molar-refractivity contribution in [3.63, 3.8) is 0 Å². The first-order valence-electron chi connectivity index (χ1n) is 5.50. The van der Waals surface area contributed by atoms with Crippen molar-refractivity contribution in [1.29, 1.82) is 0 Å². The zero-order valence-corrected chi connectivity index (χ0v) is 9.53. The SMILES string of the molecule is CC(C)c1cc(NCCCCN)ncn1. The molecule has 1 rings (SSSR count). The highest BCUT2D eigenvalue weighted by Gasteiger charge is 2.01. The van der Waals surface area contributed by atoms with Crippen molar-refractivity contribution in [2.45, 2.75) is 32.6 Å². The van der Waals surface area contributed by atoms with E-state index in [-0.39, 0.29) is 0 Å². The third-order valence-electron chi connectivity index (χ3n) is 2.22. The quantitative estimate of drug-likeness (QED) is 0.699. The highest BCUT2D eigenvalue weighted by molar-refractivity contribution is 5.35. The fourth-order valence-electron chi connectivity index (χ4n) is 1.27. The molecule has 1 heterocycles. The molecule has 3 N–H and O–H groups in total. The maximum atomic E-state index is 5.42. The Morgan fingerprint density at radius 1 is 1.33 bits per heavy atom. The van der Waals surface area contributed by atoms with Crippen LogP contribution in [0.1, 0.15) is 38.3 Å². The number of hydrogen-bond donors (Lipinski definition) is 2. The summed E-state index contributed by atoms with van der Waals surface area (Å²) in [6.45, 7) is 5.93. The summed E-state index contributed by atoms with van der Waals surface area (Å²) in [7, 11) is 0. The van der Waals surface area contributed by atoms with Crippen molar-refractivity contribution in [2.24, 2.45) is 5.73 Å². The van der Waals surface area contributed by atoms with Gasteiger partial charge in [-0.3, -0.25) is 0 Å². The molecule has 84 valence electrons. The minimum Gasteiger partial charge on any atom is -0.370 e. The molecular weight excluding hydrogens is 188 g/mol. The standard InChI is InChI=1S/C11H20N4/c1-9(2)10-7-11(15-8-14-10)13-6-4-3-5-12/h7-9H,3-6,12H2,1-2H3,(H,13,14,15). The third kappa shape index (κ3) is 4.25. The van der Waals surface area contributed by atoms with Crippen molar-refractivity contribution < 1.29 is 0 Å². The predicted molar refractivity (Wildman–Crippen MR) is 62.9 cm³/mol. The zero-order valence-electron chi connectivity index (χ0n) is 9.53. The van der Waals surface area contributed by atoms with Gasteiger partial charge in [0.15, 0.2) is 0 Å². The van der Waals surface area contributed by atoms with Crippen LogP contribution in [0.4, 0.5) is 5.82 Å². The smallest absolute Gasteiger partial charge is 0.129 e. The lowest BCUT2D eigenvalue weighted by Gasteiger charge is -2.08. The molecule has 4 heteroatoms.